The largest absolute Gasteiger partial charge is 0.337 e. The number of hydrogen-bond donors (Lipinski definition) is 0. The molecule has 1 radical (unpaired) electrons. The zero-order chi connectivity index (χ0) is 14.9. The van der Waals surface area contributed by atoms with Gasteiger partial charge in [0.1, 0.15) is 0 Å². The molecule has 1 aliphatic rings. The minimum absolute atomic E-state index is 0. The zero-order valence-electron chi connectivity index (χ0n) is 12.7. The van der Waals surface area contributed by atoms with Crippen LogP contribution in [0.4, 0.5) is 17.1 Å². The third-order valence-electron chi connectivity index (χ3n) is 3.88. The molecule has 0 bridgehead atoms. The molecule has 0 N–H and O–H groups in total. The molecule has 0 unspecified atom stereocenters. The summed E-state index contributed by atoms with van der Waals surface area (Å²) in [6, 6.07) is 28.1. The van der Waals surface area contributed by atoms with Gasteiger partial charge in [0.15, 0.2) is 0 Å². The van der Waals surface area contributed by atoms with E-state index >= 15 is 0 Å². The normalized spacial score (nSPS) is 12.4. The molecular formula is C20H15IrN2-. The van der Waals surface area contributed by atoms with Crippen LogP contribution in [0.3, 0.4) is 0 Å². The predicted molar refractivity (Wildman–Crippen MR) is 92.0 cm³/mol. The predicted octanol–water partition coefficient (Wildman–Crippen LogP) is 4.34. The molecular weight excluding hydrogens is 460 g/mol. The number of nitrogens with zero attached hydrogens (tertiary/aromatic N) is 2. The maximum atomic E-state index is 3.44. The van der Waals surface area contributed by atoms with Crippen molar-refractivity contribution in [1.29, 1.82) is 0 Å². The van der Waals surface area contributed by atoms with Gasteiger partial charge >= 0.3 is 0 Å². The third kappa shape index (κ3) is 2.74. The number of para-hydroxylation sites is 3. The van der Waals surface area contributed by atoms with Crippen LogP contribution in [0, 0.1) is 6.07 Å². The van der Waals surface area contributed by atoms with Crippen molar-refractivity contribution in [1.82, 2.24) is 4.58 Å². The van der Waals surface area contributed by atoms with Crippen LogP contribution in [0.1, 0.15) is 0 Å². The SMILES string of the molecule is CN1[C-]=[N+](c2[c-]cccc2)c2ccccc2-c2ccccc21.[Ir]. The summed E-state index contributed by atoms with van der Waals surface area (Å²) in [7, 11) is 2.03. The van der Waals surface area contributed by atoms with Crippen LogP contribution in [0.15, 0.2) is 72.8 Å². The minimum Gasteiger partial charge on any atom is -0.337 e. The van der Waals surface area contributed by atoms with Gasteiger partial charge < -0.3 is 9.48 Å². The first-order valence-corrected chi connectivity index (χ1v) is 7.30. The van der Waals surface area contributed by atoms with Crippen LogP contribution < -0.4 is 9.48 Å². The Bertz CT molecular complexity index is 856. The van der Waals surface area contributed by atoms with Gasteiger partial charge in [0.2, 0.25) is 6.34 Å². The maximum absolute atomic E-state index is 3.44. The number of fused-ring (bicyclic) bond motifs is 3. The molecule has 0 fully saturated rings. The van der Waals surface area contributed by atoms with E-state index in [2.05, 4.69) is 65.5 Å². The molecule has 0 saturated heterocycles. The molecule has 0 aliphatic carbocycles. The van der Waals surface area contributed by atoms with E-state index in [9.17, 15) is 0 Å². The van der Waals surface area contributed by atoms with Crippen molar-refractivity contribution in [3.63, 3.8) is 0 Å². The molecule has 0 aromatic heterocycles. The van der Waals surface area contributed by atoms with Gasteiger partial charge in [-0.25, -0.2) is 0 Å². The quantitative estimate of drug-likeness (QED) is 0.375. The maximum Gasteiger partial charge on any atom is 0.243 e. The first-order valence-electron chi connectivity index (χ1n) is 7.30. The first-order chi connectivity index (χ1) is 10.8. The Hall–Kier alpha value is -2.22. The molecule has 0 spiro atoms. The van der Waals surface area contributed by atoms with Crippen molar-refractivity contribution >= 4 is 23.4 Å². The molecule has 0 amide bonds. The average Bonchev–Trinajstić information content (AvgIpc) is 2.72. The van der Waals surface area contributed by atoms with Crippen molar-refractivity contribution in [2.75, 3.05) is 11.9 Å². The number of benzene rings is 3. The minimum atomic E-state index is 0. The van der Waals surface area contributed by atoms with Crippen molar-refractivity contribution < 1.29 is 20.1 Å². The van der Waals surface area contributed by atoms with E-state index in [-0.39, 0.29) is 20.1 Å². The number of hydrogen-bond acceptors (Lipinski definition) is 1. The van der Waals surface area contributed by atoms with Crippen LogP contribution in [0.2, 0.25) is 0 Å². The second-order valence-corrected chi connectivity index (χ2v) is 5.28. The molecule has 2 nitrogen and oxygen atoms in total. The second kappa shape index (κ2) is 6.49. The van der Waals surface area contributed by atoms with E-state index in [1.54, 1.807) is 0 Å². The van der Waals surface area contributed by atoms with Crippen LogP contribution in [0.5, 0.6) is 0 Å². The summed E-state index contributed by atoms with van der Waals surface area (Å²) in [4.78, 5) is 2.04. The topological polar surface area (TPSA) is 6.25 Å². The molecule has 1 heterocycles. The summed E-state index contributed by atoms with van der Waals surface area (Å²) in [5.41, 5.74) is 5.66. The Morgan fingerprint density at radius 3 is 2.30 bits per heavy atom. The van der Waals surface area contributed by atoms with E-state index in [4.69, 9.17) is 0 Å². The van der Waals surface area contributed by atoms with Gasteiger partial charge in [-0.15, -0.1) is 0 Å². The summed E-state index contributed by atoms with van der Waals surface area (Å²) in [5, 5.41) is 0. The van der Waals surface area contributed by atoms with Crippen LogP contribution in [0.25, 0.3) is 11.1 Å². The van der Waals surface area contributed by atoms with Gasteiger partial charge in [0.25, 0.3) is 0 Å². The Morgan fingerprint density at radius 1 is 0.826 bits per heavy atom. The van der Waals surface area contributed by atoms with Gasteiger partial charge in [0, 0.05) is 20.1 Å². The van der Waals surface area contributed by atoms with Crippen molar-refractivity contribution in [3.05, 3.63) is 78.9 Å². The summed E-state index contributed by atoms with van der Waals surface area (Å²) < 4.78 is 2.06. The molecule has 0 saturated carbocycles. The summed E-state index contributed by atoms with van der Waals surface area (Å²) in [6.07, 6.45) is 3.44. The van der Waals surface area contributed by atoms with E-state index in [0.717, 1.165) is 17.1 Å². The van der Waals surface area contributed by atoms with Gasteiger partial charge in [0.05, 0.1) is 18.4 Å². The van der Waals surface area contributed by atoms with Crippen LogP contribution in [-0.4, -0.2) is 13.4 Å². The number of rotatable bonds is 1. The zero-order valence-corrected chi connectivity index (χ0v) is 15.1. The summed E-state index contributed by atoms with van der Waals surface area (Å²) in [5.74, 6) is 0. The molecule has 0 atom stereocenters. The van der Waals surface area contributed by atoms with Crippen molar-refractivity contribution in [2.24, 2.45) is 0 Å². The monoisotopic (exact) mass is 476 g/mol. The van der Waals surface area contributed by atoms with E-state index in [1.807, 2.05) is 36.2 Å². The Labute approximate surface area is 150 Å². The van der Waals surface area contributed by atoms with Crippen LogP contribution >= 0.6 is 0 Å². The fraction of sp³-hybridized carbons (Fsp3) is 0.0500. The second-order valence-electron chi connectivity index (χ2n) is 5.28. The molecule has 3 heteroatoms. The van der Waals surface area contributed by atoms with Crippen molar-refractivity contribution in [3.8, 4) is 11.1 Å². The van der Waals surface area contributed by atoms with Crippen LogP contribution in [-0.2, 0) is 20.1 Å². The van der Waals surface area contributed by atoms with Gasteiger partial charge in [-0.3, -0.25) is 0 Å². The Balaban J connectivity index is 0.00000156. The number of anilines is 1. The summed E-state index contributed by atoms with van der Waals surface area (Å²) >= 11 is 0. The first kappa shape index (κ1) is 15.7. The van der Waals surface area contributed by atoms with Gasteiger partial charge in [-0.1, -0.05) is 54.2 Å². The Morgan fingerprint density at radius 2 is 1.52 bits per heavy atom. The fourth-order valence-electron chi connectivity index (χ4n) is 2.85. The smallest absolute Gasteiger partial charge is 0.243 e. The Kier molecular flexibility index (Phi) is 4.42. The molecule has 3 aromatic rings. The van der Waals surface area contributed by atoms with Gasteiger partial charge in [-0.05, 0) is 11.1 Å². The fourth-order valence-corrected chi connectivity index (χ4v) is 2.85. The molecule has 23 heavy (non-hydrogen) atoms. The molecule has 115 valence electrons. The molecule has 1 aliphatic heterocycles. The van der Waals surface area contributed by atoms with Gasteiger partial charge in [-0.2, -0.15) is 30.3 Å². The van der Waals surface area contributed by atoms with E-state index in [0.29, 0.717) is 0 Å². The standard InChI is InChI=1S/C20H15N2.Ir/c1-21-15-22(16-9-3-2-4-10-16)20-14-8-6-12-18(20)17-11-5-7-13-19(17)21;/h2-9,11-14H,1H3;/q-1;. The molecule has 3 aromatic carbocycles. The average molecular weight is 476 g/mol. The van der Waals surface area contributed by atoms with Crippen molar-refractivity contribution in [2.45, 2.75) is 0 Å². The molecule has 4 rings (SSSR count). The summed E-state index contributed by atoms with van der Waals surface area (Å²) in [6.45, 7) is 0. The van der Waals surface area contributed by atoms with E-state index < -0.39 is 0 Å². The van der Waals surface area contributed by atoms with E-state index in [1.165, 1.54) is 11.1 Å². The third-order valence-corrected chi connectivity index (χ3v) is 3.88.